The fourth-order valence-corrected chi connectivity index (χ4v) is 1.95. The number of rotatable bonds is 2. The van der Waals surface area contributed by atoms with Crippen LogP contribution < -0.4 is 0 Å². The second kappa shape index (κ2) is 5.27. The molecule has 2 aromatic carbocycles. The van der Waals surface area contributed by atoms with Gasteiger partial charge >= 0.3 is 6.18 Å². The normalized spacial score (nSPS) is 11.5. The number of ketones is 1. The van der Waals surface area contributed by atoms with Crippen molar-refractivity contribution in [3.63, 3.8) is 0 Å². The zero-order valence-corrected chi connectivity index (χ0v) is 10.8. The molecule has 0 saturated carbocycles. The van der Waals surface area contributed by atoms with Gasteiger partial charge in [0.1, 0.15) is 11.6 Å². The van der Waals surface area contributed by atoms with Crippen LogP contribution in [0.15, 0.2) is 36.4 Å². The number of carbonyl (C=O) groups is 1. The topological polar surface area (TPSA) is 17.1 Å². The molecule has 0 unspecified atom stereocenters. The number of hydrogen-bond acceptors (Lipinski definition) is 1. The first-order chi connectivity index (χ1) is 9.70. The van der Waals surface area contributed by atoms with Gasteiger partial charge in [0.25, 0.3) is 0 Å². The fraction of sp³-hybridized carbons (Fsp3) is 0.133. The number of carbonyl (C=O) groups excluding carboxylic acids is 1. The second-order valence-electron chi connectivity index (χ2n) is 4.51. The lowest BCUT2D eigenvalue weighted by molar-refractivity contribution is -0.140. The minimum Gasteiger partial charge on any atom is -0.288 e. The number of aryl methyl sites for hydroxylation is 1. The van der Waals surface area contributed by atoms with Crippen molar-refractivity contribution in [2.75, 3.05) is 0 Å². The Morgan fingerprint density at radius 3 is 2.29 bits per heavy atom. The zero-order chi connectivity index (χ0) is 15.8. The standard InChI is InChI=1S/C15H9F5O/c1-8-5-9(7-10(16)6-8)14(21)11-3-2-4-12(13(11)17)15(18,19)20/h2-7H,1H3. The van der Waals surface area contributed by atoms with E-state index >= 15 is 0 Å². The van der Waals surface area contributed by atoms with Gasteiger partial charge in [0.05, 0.1) is 11.1 Å². The monoisotopic (exact) mass is 300 g/mol. The summed E-state index contributed by atoms with van der Waals surface area (Å²) in [5, 5.41) is 0. The summed E-state index contributed by atoms with van der Waals surface area (Å²) in [4.78, 5) is 12.1. The Bertz CT molecular complexity index is 683. The van der Waals surface area contributed by atoms with Gasteiger partial charge in [-0.25, -0.2) is 8.78 Å². The molecule has 0 bridgehead atoms. The van der Waals surface area contributed by atoms with Crippen LogP contribution in [-0.4, -0.2) is 5.78 Å². The van der Waals surface area contributed by atoms with E-state index in [-0.39, 0.29) is 5.56 Å². The van der Waals surface area contributed by atoms with Crippen molar-refractivity contribution in [2.24, 2.45) is 0 Å². The molecule has 0 atom stereocenters. The molecule has 110 valence electrons. The van der Waals surface area contributed by atoms with Gasteiger partial charge in [0.15, 0.2) is 5.78 Å². The Morgan fingerprint density at radius 1 is 1.05 bits per heavy atom. The molecule has 0 heterocycles. The predicted molar refractivity (Wildman–Crippen MR) is 66.0 cm³/mol. The molecular weight excluding hydrogens is 291 g/mol. The average Bonchev–Trinajstić information content (AvgIpc) is 2.35. The fourth-order valence-electron chi connectivity index (χ4n) is 1.95. The highest BCUT2D eigenvalue weighted by atomic mass is 19.4. The van der Waals surface area contributed by atoms with Crippen molar-refractivity contribution in [1.29, 1.82) is 0 Å². The highest BCUT2D eigenvalue weighted by Gasteiger charge is 2.35. The van der Waals surface area contributed by atoms with E-state index < -0.39 is 34.7 Å². The van der Waals surface area contributed by atoms with Gasteiger partial charge in [-0.2, -0.15) is 13.2 Å². The molecule has 2 rings (SSSR count). The molecule has 0 spiro atoms. The Morgan fingerprint density at radius 2 is 1.71 bits per heavy atom. The number of halogens is 5. The third-order valence-corrected chi connectivity index (χ3v) is 2.85. The molecule has 1 nitrogen and oxygen atoms in total. The summed E-state index contributed by atoms with van der Waals surface area (Å²) in [5.41, 5.74) is -2.06. The Hall–Kier alpha value is -2.24. The van der Waals surface area contributed by atoms with Crippen LogP contribution in [0.25, 0.3) is 0 Å². The van der Waals surface area contributed by atoms with Crippen molar-refractivity contribution in [2.45, 2.75) is 13.1 Å². The van der Waals surface area contributed by atoms with Crippen molar-refractivity contribution in [3.8, 4) is 0 Å². The molecule has 6 heteroatoms. The van der Waals surface area contributed by atoms with Crippen molar-refractivity contribution in [3.05, 3.63) is 70.3 Å². The first-order valence-corrected chi connectivity index (χ1v) is 5.88. The van der Waals surface area contributed by atoms with Crippen LogP contribution in [-0.2, 0) is 6.18 Å². The van der Waals surface area contributed by atoms with Gasteiger partial charge < -0.3 is 0 Å². The van der Waals surface area contributed by atoms with E-state index in [2.05, 4.69) is 0 Å². The highest BCUT2D eigenvalue weighted by molar-refractivity contribution is 6.09. The maximum absolute atomic E-state index is 13.9. The summed E-state index contributed by atoms with van der Waals surface area (Å²) in [6.45, 7) is 1.52. The lowest BCUT2D eigenvalue weighted by Crippen LogP contribution is -2.13. The minimum absolute atomic E-state index is 0.203. The predicted octanol–water partition coefficient (Wildman–Crippen LogP) is 4.52. The van der Waals surface area contributed by atoms with Crippen LogP contribution in [0.3, 0.4) is 0 Å². The first-order valence-electron chi connectivity index (χ1n) is 5.88. The number of alkyl halides is 3. The van der Waals surface area contributed by atoms with Crippen LogP contribution in [0.4, 0.5) is 22.0 Å². The summed E-state index contributed by atoms with van der Waals surface area (Å²) in [7, 11) is 0. The number of hydrogen-bond donors (Lipinski definition) is 0. The van der Waals surface area contributed by atoms with E-state index in [1.807, 2.05) is 0 Å². The molecule has 0 aliphatic rings. The van der Waals surface area contributed by atoms with Crippen LogP contribution in [0.2, 0.25) is 0 Å². The largest absolute Gasteiger partial charge is 0.419 e. The molecule has 0 aliphatic carbocycles. The molecular formula is C15H9F5O. The molecule has 0 saturated heterocycles. The first kappa shape index (κ1) is 15.2. The molecule has 0 N–H and O–H groups in total. The van der Waals surface area contributed by atoms with Crippen LogP contribution >= 0.6 is 0 Å². The summed E-state index contributed by atoms with van der Waals surface area (Å²) in [6.07, 6.45) is -4.90. The van der Waals surface area contributed by atoms with Crippen LogP contribution in [0.5, 0.6) is 0 Å². The van der Waals surface area contributed by atoms with Gasteiger partial charge in [-0.1, -0.05) is 6.07 Å². The highest BCUT2D eigenvalue weighted by Crippen LogP contribution is 2.33. The van der Waals surface area contributed by atoms with Gasteiger partial charge in [-0.15, -0.1) is 0 Å². The molecule has 0 fully saturated rings. The maximum atomic E-state index is 13.9. The van der Waals surface area contributed by atoms with E-state index in [1.165, 1.54) is 13.0 Å². The quantitative estimate of drug-likeness (QED) is 0.588. The summed E-state index contributed by atoms with van der Waals surface area (Å²) in [5.74, 6) is -3.37. The van der Waals surface area contributed by atoms with Crippen molar-refractivity contribution >= 4 is 5.78 Å². The van der Waals surface area contributed by atoms with Crippen molar-refractivity contribution in [1.82, 2.24) is 0 Å². The third-order valence-electron chi connectivity index (χ3n) is 2.85. The van der Waals surface area contributed by atoms with E-state index in [1.54, 1.807) is 0 Å². The van der Waals surface area contributed by atoms with E-state index in [0.29, 0.717) is 11.6 Å². The van der Waals surface area contributed by atoms with Gasteiger partial charge in [0, 0.05) is 5.56 Å². The molecule has 0 aliphatic heterocycles. The molecule has 21 heavy (non-hydrogen) atoms. The number of benzene rings is 2. The Balaban J connectivity index is 2.54. The average molecular weight is 300 g/mol. The zero-order valence-electron chi connectivity index (χ0n) is 10.8. The van der Waals surface area contributed by atoms with Gasteiger partial charge in [-0.05, 0) is 42.8 Å². The summed E-state index contributed by atoms with van der Waals surface area (Å²) >= 11 is 0. The summed E-state index contributed by atoms with van der Waals surface area (Å²) in [6, 6.07) is 5.71. The SMILES string of the molecule is Cc1cc(F)cc(C(=O)c2cccc(C(F)(F)F)c2F)c1. The van der Waals surface area contributed by atoms with Crippen LogP contribution in [0, 0.1) is 18.6 Å². The van der Waals surface area contributed by atoms with Crippen LogP contribution in [0.1, 0.15) is 27.0 Å². The second-order valence-corrected chi connectivity index (χ2v) is 4.51. The molecule has 0 radical (unpaired) electrons. The van der Waals surface area contributed by atoms with Gasteiger partial charge in [0.2, 0.25) is 0 Å². The summed E-state index contributed by atoms with van der Waals surface area (Å²) < 4.78 is 65.0. The lowest BCUT2D eigenvalue weighted by Gasteiger charge is -2.11. The lowest BCUT2D eigenvalue weighted by atomic mass is 9.99. The van der Waals surface area contributed by atoms with Gasteiger partial charge in [-0.3, -0.25) is 4.79 Å². The molecule has 0 amide bonds. The van der Waals surface area contributed by atoms with Crippen molar-refractivity contribution < 1.29 is 26.7 Å². The van der Waals surface area contributed by atoms with E-state index in [4.69, 9.17) is 0 Å². The third kappa shape index (κ3) is 3.09. The molecule has 2 aromatic rings. The minimum atomic E-state index is -4.90. The molecule has 0 aromatic heterocycles. The Kier molecular flexibility index (Phi) is 3.80. The van der Waals surface area contributed by atoms with E-state index in [9.17, 15) is 26.7 Å². The maximum Gasteiger partial charge on any atom is 0.419 e. The smallest absolute Gasteiger partial charge is 0.288 e. The van der Waals surface area contributed by atoms with E-state index in [0.717, 1.165) is 24.3 Å². The Labute approximate surface area is 117 Å².